The molecule has 2 heterocycles. The molecule has 1 saturated carbocycles. The molecule has 4 rings (SSSR count). The Labute approximate surface area is 133 Å². The van der Waals surface area contributed by atoms with Gasteiger partial charge in [-0.1, -0.05) is 12.1 Å². The van der Waals surface area contributed by atoms with Crippen molar-refractivity contribution in [2.45, 2.75) is 25.5 Å². The highest BCUT2D eigenvalue weighted by Crippen LogP contribution is 2.30. The van der Waals surface area contributed by atoms with Crippen LogP contribution in [0.4, 0.5) is 11.6 Å². The van der Waals surface area contributed by atoms with Gasteiger partial charge in [0.25, 0.3) is 0 Å². The Morgan fingerprint density at radius 1 is 1.26 bits per heavy atom. The van der Waals surface area contributed by atoms with E-state index >= 15 is 0 Å². The number of aryl methyl sites for hydroxylation is 1. The van der Waals surface area contributed by atoms with Crippen molar-refractivity contribution in [1.82, 2.24) is 19.5 Å². The minimum absolute atomic E-state index is 0.256. The van der Waals surface area contributed by atoms with Crippen LogP contribution in [0, 0.1) is 0 Å². The smallest absolute Gasteiger partial charge is 0.247 e. The Morgan fingerprint density at radius 3 is 2.74 bits per heavy atom. The lowest BCUT2D eigenvalue weighted by molar-refractivity contribution is 0.294. The van der Waals surface area contributed by atoms with E-state index in [-0.39, 0.29) is 6.10 Å². The number of imidazole rings is 1. The Morgan fingerprint density at radius 2 is 2.04 bits per heavy atom. The number of rotatable bonds is 5. The highest BCUT2D eigenvalue weighted by molar-refractivity contribution is 5.78. The van der Waals surface area contributed by atoms with Crippen molar-refractivity contribution >= 4 is 22.8 Å². The van der Waals surface area contributed by atoms with E-state index < -0.39 is 0 Å². The minimum atomic E-state index is 0.256. The molecular formula is C16H18N6O. The Bertz CT molecular complexity index is 838. The van der Waals surface area contributed by atoms with Gasteiger partial charge in [0.1, 0.15) is 6.10 Å². The molecule has 0 saturated heterocycles. The van der Waals surface area contributed by atoms with E-state index in [2.05, 4.69) is 20.3 Å². The highest BCUT2D eigenvalue weighted by atomic mass is 16.5. The SMILES string of the molecule is Cn1cnc2c(OC3CC3)nc(Nc3ccc(CN)cc3)nc21. The first kappa shape index (κ1) is 14.0. The number of fused-ring (bicyclic) bond motifs is 1. The summed E-state index contributed by atoms with van der Waals surface area (Å²) in [6.45, 7) is 0.525. The molecule has 23 heavy (non-hydrogen) atoms. The monoisotopic (exact) mass is 310 g/mol. The van der Waals surface area contributed by atoms with Crippen LogP contribution in [0.25, 0.3) is 11.2 Å². The third kappa shape index (κ3) is 2.83. The van der Waals surface area contributed by atoms with Gasteiger partial charge in [0.2, 0.25) is 11.8 Å². The van der Waals surface area contributed by atoms with E-state index in [0.717, 1.165) is 29.7 Å². The molecule has 0 amide bonds. The van der Waals surface area contributed by atoms with Crippen LogP contribution in [0.5, 0.6) is 5.88 Å². The van der Waals surface area contributed by atoms with Crippen LogP contribution in [-0.2, 0) is 13.6 Å². The molecule has 0 aliphatic heterocycles. The quantitative estimate of drug-likeness (QED) is 0.750. The Balaban J connectivity index is 1.68. The van der Waals surface area contributed by atoms with Crippen LogP contribution in [0.15, 0.2) is 30.6 Å². The maximum atomic E-state index is 5.88. The summed E-state index contributed by atoms with van der Waals surface area (Å²) in [5, 5.41) is 3.21. The molecule has 1 aliphatic rings. The molecule has 7 heteroatoms. The molecule has 3 aromatic rings. The zero-order valence-electron chi connectivity index (χ0n) is 12.9. The molecule has 3 N–H and O–H groups in total. The lowest BCUT2D eigenvalue weighted by Crippen LogP contribution is -2.05. The number of anilines is 2. The molecule has 0 spiro atoms. The minimum Gasteiger partial charge on any atom is -0.473 e. The highest BCUT2D eigenvalue weighted by Gasteiger charge is 2.26. The summed E-state index contributed by atoms with van der Waals surface area (Å²) in [6.07, 6.45) is 4.12. The zero-order chi connectivity index (χ0) is 15.8. The van der Waals surface area contributed by atoms with Gasteiger partial charge in [-0.3, -0.25) is 0 Å². The number of hydrogen-bond donors (Lipinski definition) is 2. The molecule has 0 atom stereocenters. The predicted octanol–water partition coefficient (Wildman–Crippen LogP) is 2.11. The second-order valence-electron chi connectivity index (χ2n) is 5.72. The van der Waals surface area contributed by atoms with Crippen molar-refractivity contribution in [2.24, 2.45) is 12.8 Å². The summed E-state index contributed by atoms with van der Waals surface area (Å²) in [4.78, 5) is 13.4. The fourth-order valence-corrected chi connectivity index (χ4v) is 2.32. The van der Waals surface area contributed by atoms with E-state index in [1.165, 1.54) is 0 Å². The van der Waals surface area contributed by atoms with Crippen LogP contribution < -0.4 is 15.8 Å². The largest absolute Gasteiger partial charge is 0.473 e. The summed E-state index contributed by atoms with van der Waals surface area (Å²) in [5.74, 6) is 1.04. The first-order valence-corrected chi connectivity index (χ1v) is 7.64. The van der Waals surface area contributed by atoms with Gasteiger partial charge in [-0.2, -0.15) is 9.97 Å². The molecule has 0 unspecified atom stereocenters. The lowest BCUT2D eigenvalue weighted by atomic mass is 10.2. The van der Waals surface area contributed by atoms with Crippen LogP contribution in [0.1, 0.15) is 18.4 Å². The molecule has 1 aliphatic carbocycles. The Kier molecular flexibility index (Phi) is 3.34. The zero-order valence-corrected chi connectivity index (χ0v) is 12.9. The summed E-state index contributed by atoms with van der Waals surface area (Å²) in [5.41, 5.74) is 9.05. The number of benzene rings is 1. The average Bonchev–Trinajstić information content (AvgIpc) is 3.30. The van der Waals surface area contributed by atoms with Crippen molar-refractivity contribution in [1.29, 1.82) is 0 Å². The molecular weight excluding hydrogens is 292 g/mol. The first-order valence-electron chi connectivity index (χ1n) is 7.64. The maximum Gasteiger partial charge on any atom is 0.247 e. The van der Waals surface area contributed by atoms with Gasteiger partial charge in [0, 0.05) is 19.3 Å². The molecule has 1 fully saturated rings. The van der Waals surface area contributed by atoms with Crippen LogP contribution in [0.3, 0.4) is 0 Å². The van der Waals surface area contributed by atoms with Gasteiger partial charge in [0.05, 0.1) is 6.33 Å². The number of nitrogens with zero attached hydrogens (tertiary/aromatic N) is 4. The number of nitrogens with one attached hydrogen (secondary N) is 1. The standard InChI is InChI=1S/C16H18N6O/c1-22-9-18-13-14(22)20-16(21-15(13)23-12-6-7-12)19-11-4-2-10(8-17)3-5-11/h2-5,9,12H,6-8,17H2,1H3,(H,19,20,21). The summed E-state index contributed by atoms with van der Waals surface area (Å²) < 4.78 is 7.74. The maximum absolute atomic E-state index is 5.88. The molecule has 1 aromatic carbocycles. The molecule has 7 nitrogen and oxygen atoms in total. The second-order valence-corrected chi connectivity index (χ2v) is 5.72. The topological polar surface area (TPSA) is 90.9 Å². The fourth-order valence-electron chi connectivity index (χ4n) is 2.32. The van der Waals surface area contributed by atoms with Crippen LogP contribution >= 0.6 is 0 Å². The van der Waals surface area contributed by atoms with Crippen molar-refractivity contribution in [2.75, 3.05) is 5.32 Å². The Hall–Kier alpha value is -2.67. The van der Waals surface area contributed by atoms with Crippen molar-refractivity contribution < 1.29 is 4.74 Å². The number of aromatic nitrogens is 4. The van der Waals surface area contributed by atoms with Crippen LogP contribution in [-0.4, -0.2) is 25.6 Å². The van der Waals surface area contributed by atoms with E-state index in [4.69, 9.17) is 10.5 Å². The lowest BCUT2D eigenvalue weighted by Gasteiger charge is -2.09. The van der Waals surface area contributed by atoms with E-state index in [9.17, 15) is 0 Å². The van der Waals surface area contributed by atoms with Gasteiger partial charge in [-0.05, 0) is 30.5 Å². The predicted molar refractivity (Wildman–Crippen MR) is 87.6 cm³/mol. The molecule has 118 valence electrons. The fraction of sp³-hybridized carbons (Fsp3) is 0.312. The van der Waals surface area contributed by atoms with Gasteiger partial charge in [-0.25, -0.2) is 4.98 Å². The average molecular weight is 310 g/mol. The number of nitrogens with two attached hydrogens (primary N) is 1. The molecule has 2 aromatic heterocycles. The second kappa shape index (κ2) is 5.51. The van der Waals surface area contributed by atoms with E-state index in [1.807, 2.05) is 35.9 Å². The molecule has 0 bridgehead atoms. The third-order valence-corrected chi connectivity index (χ3v) is 3.78. The van der Waals surface area contributed by atoms with E-state index in [0.29, 0.717) is 23.9 Å². The van der Waals surface area contributed by atoms with Gasteiger partial charge in [-0.15, -0.1) is 0 Å². The third-order valence-electron chi connectivity index (χ3n) is 3.78. The van der Waals surface area contributed by atoms with Crippen molar-refractivity contribution in [3.63, 3.8) is 0 Å². The normalized spacial score (nSPS) is 14.2. The molecule has 0 radical (unpaired) electrons. The van der Waals surface area contributed by atoms with Crippen molar-refractivity contribution in [3.05, 3.63) is 36.2 Å². The van der Waals surface area contributed by atoms with Gasteiger partial charge < -0.3 is 20.4 Å². The van der Waals surface area contributed by atoms with Gasteiger partial charge in [0.15, 0.2) is 11.2 Å². The van der Waals surface area contributed by atoms with E-state index in [1.54, 1.807) is 6.33 Å². The number of hydrogen-bond acceptors (Lipinski definition) is 6. The van der Waals surface area contributed by atoms with Crippen LogP contribution in [0.2, 0.25) is 0 Å². The van der Waals surface area contributed by atoms with Gasteiger partial charge >= 0.3 is 0 Å². The van der Waals surface area contributed by atoms with Crippen molar-refractivity contribution in [3.8, 4) is 5.88 Å². The number of ether oxygens (including phenoxy) is 1. The summed E-state index contributed by atoms with van der Waals surface area (Å²) in [6, 6.07) is 7.87. The summed E-state index contributed by atoms with van der Waals surface area (Å²) in [7, 11) is 1.91. The first-order chi connectivity index (χ1) is 11.2. The summed E-state index contributed by atoms with van der Waals surface area (Å²) >= 11 is 0.